The highest BCUT2D eigenvalue weighted by molar-refractivity contribution is 6.00. The summed E-state index contributed by atoms with van der Waals surface area (Å²) in [5, 5.41) is 7.25. The number of aromatic nitrogens is 2. The van der Waals surface area contributed by atoms with Crippen molar-refractivity contribution in [2.75, 3.05) is 26.8 Å². The first kappa shape index (κ1) is 12.1. The number of nitrogens with one attached hydrogen (secondary N) is 1. The smallest absolute Gasteiger partial charge is 0.214 e. The average Bonchev–Trinajstić information content (AvgIpc) is 2.81. The van der Waals surface area contributed by atoms with Crippen molar-refractivity contribution in [3.05, 3.63) is 11.9 Å². The fraction of sp³-hybridized carbons (Fsp3) is 0.636. The van der Waals surface area contributed by atoms with Crippen molar-refractivity contribution in [1.82, 2.24) is 15.1 Å². The Labute approximate surface area is 99.9 Å². The topological polar surface area (TPSA) is 65.4 Å². The molecule has 1 unspecified atom stereocenters. The fourth-order valence-corrected chi connectivity index (χ4v) is 1.89. The van der Waals surface area contributed by atoms with E-state index in [1.165, 1.54) is 7.11 Å². The second kappa shape index (κ2) is 5.29. The van der Waals surface area contributed by atoms with Gasteiger partial charge in [-0.15, -0.1) is 0 Å². The molecule has 6 heteroatoms. The van der Waals surface area contributed by atoms with Crippen LogP contribution in [0.15, 0.2) is 6.20 Å². The van der Waals surface area contributed by atoms with E-state index < -0.39 is 6.10 Å². The summed E-state index contributed by atoms with van der Waals surface area (Å²) in [6, 6.07) is 0. The third kappa shape index (κ3) is 2.32. The van der Waals surface area contributed by atoms with Crippen LogP contribution in [0.5, 0.6) is 5.75 Å². The highest BCUT2D eigenvalue weighted by Crippen LogP contribution is 2.20. The van der Waals surface area contributed by atoms with Crippen LogP contribution in [0.1, 0.15) is 17.4 Å². The Hall–Kier alpha value is -1.40. The molecule has 2 heterocycles. The summed E-state index contributed by atoms with van der Waals surface area (Å²) in [6.07, 6.45) is 1.12. The molecule has 1 aliphatic heterocycles. The van der Waals surface area contributed by atoms with E-state index in [4.69, 9.17) is 9.47 Å². The molecule has 0 spiro atoms. The van der Waals surface area contributed by atoms with Crippen LogP contribution in [0.2, 0.25) is 0 Å². The van der Waals surface area contributed by atoms with Crippen molar-refractivity contribution in [3.63, 3.8) is 0 Å². The summed E-state index contributed by atoms with van der Waals surface area (Å²) in [7, 11) is 1.54. The molecule has 2 rings (SSSR count). The Bertz CT molecular complexity index is 375. The third-order valence-corrected chi connectivity index (χ3v) is 2.78. The van der Waals surface area contributed by atoms with Crippen LogP contribution in [0, 0.1) is 0 Å². The highest BCUT2D eigenvalue weighted by Gasteiger charge is 2.28. The SMILES string of the molecule is CCn1ncc(OC)c1C(=O)C1CNCCO1. The maximum absolute atomic E-state index is 12.3. The van der Waals surface area contributed by atoms with Gasteiger partial charge in [-0.25, -0.2) is 0 Å². The molecule has 94 valence electrons. The minimum absolute atomic E-state index is 0.0756. The summed E-state index contributed by atoms with van der Waals surface area (Å²) in [5.74, 6) is 0.430. The summed E-state index contributed by atoms with van der Waals surface area (Å²) in [4.78, 5) is 12.3. The lowest BCUT2D eigenvalue weighted by atomic mass is 10.1. The summed E-state index contributed by atoms with van der Waals surface area (Å²) < 4.78 is 12.3. The third-order valence-electron chi connectivity index (χ3n) is 2.78. The van der Waals surface area contributed by atoms with Gasteiger partial charge in [0.25, 0.3) is 0 Å². The normalized spacial score (nSPS) is 20.2. The van der Waals surface area contributed by atoms with Gasteiger partial charge in [0, 0.05) is 19.6 Å². The van der Waals surface area contributed by atoms with E-state index in [0.717, 1.165) is 6.54 Å². The lowest BCUT2D eigenvalue weighted by molar-refractivity contribution is 0.0259. The summed E-state index contributed by atoms with van der Waals surface area (Å²) in [6.45, 7) is 4.44. The van der Waals surface area contributed by atoms with Gasteiger partial charge in [0.15, 0.2) is 5.75 Å². The van der Waals surface area contributed by atoms with Crippen molar-refractivity contribution in [3.8, 4) is 5.75 Å². The molecule has 1 N–H and O–H groups in total. The highest BCUT2D eigenvalue weighted by atomic mass is 16.5. The fourth-order valence-electron chi connectivity index (χ4n) is 1.89. The molecular weight excluding hydrogens is 222 g/mol. The Morgan fingerprint density at radius 3 is 3.18 bits per heavy atom. The van der Waals surface area contributed by atoms with Crippen molar-refractivity contribution in [2.45, 2.75) is 19.6 Å². The standard InChI is InChI=1S/C11H17N3O3/c1-3-14-10(8(16-2)7-13-14)11(15)9-6-12-4-5-17-9/h7,9,12H,3-6H2,1-2H3. The van der Waals surface area contributed by atoms with Gasteiger partial charge in [0.2, 0.25) is 5.78 Å². The van der Waals surface area contributed by atoms with Gasteiger partial charge in [-0.05, 0) is 6.92 Å². The maximum atomic E-state index is 12.3. The summed E-state index contributed by atoms with van der Waals surface area (Å²) in [5.41, 5.74) is 0.490. The van der Waals surface area contributed by atoms with E-state index in [1.54, 1.807) is 10.9 Å². The molecule has 0 amide bonds. The number of methoxy groups -OCH3 is 1. The second-order valence-electron chi connectivity index (χ2n) is 3.81. The quantitative estimate of drug-likeness (QED) is 0.754. The molecule has 1 aromatic rings. The first-order valence-electron chi connectivity index (χ1n) is 5.74. The largest absolute Gasteiger partial charge is 0.493 e. The van der Waals surface area contributed by atoms with Crippen molar-refractivity contribution < 1.29 is 14.3 Å². The van der Waals surface area contributed by atoms with E-state index in [-0.39, 0.29) is 5.78 Å². The zero-order valence-corrected chi connectivity index (χ0v) is 10.1. The van der Waals surface area contributed by atoms with Gasteiger partial charge >= 0.3 is 0 Å². The van der Waals surface area contributed by atoms with E-state index >= 15 is 0 Å². The van der Waals surface area contributed by atoms with Crippen LogP contribution in [0.4, 0.5) is 0 Å². The van der Waals surface area contributed by atoms with Crippen molar-refractivity contribution in [2.24, 2.45) is 0 Å². The number of hydrogen-bond donors (Lipinski definition) is 1. The minimum Gasteiger partial charge on any atom is -0.493 e. The number of rotatable bonds is 4. The second-order valence-corrected chi connectivity index (χ2v) is 3.81. The molecule has 6 nitrogen and oxygen atoms in total. The zero-order chi connectivity index (χ0) is 12.3. The minimum atomic E-state index is -0.445. The van der Waals surface area contributed by atoms with Gasteiger partial charge in [0.1, 0.15) is 11.8 Å². The van der Waals surface area contributed by atoms with Crippen LogP contribution in [0.25, 0.3) is 0 Å². The van der Waals surface area contributed by atoms with Crippen LogP contribution in [0.3, 0.4) is 0 Å². The molecule has 1 aliphatic rings. The molecule has 0 saturated carbocycles. The number of hydrogen-bond acceptors (Lipinski definition) is 5. The van der Waals surface area contributed by atoms with Gasteiger partial charge in [0.05, 0.1) is 19.9 Å². The zero-order valence-electron chi connectivity index (χ0n) is 10.1. The number of morpholine rings is 1. The van der Waals surface area contributed by atoms with Crippen LogP contribution in [-0.4, -0.2) is 48.5 Å². The molecule has 1 saturated heterocycles. The Balaban J connectivity index is 2.24. The van der Waals surface area contributed by atoms with Crippen LogP contribution in [-0.2, 0) is 11.3 Å². The van der Waals surface area contributed by atoms with E-state index in [2.05, 4.69) is 10.4 Å². The molecule has 0 aliphatic carbocycles. The molecule has 0 radical (unpaired) electrons. The average molecular weight is 239 g/mol. The Kier molecular flexibility index (Phi) is 3.75. The van der Waals surface area contributed by atoms with Crippen LogP contribution < -0.4 is 10.1 Å². The number of ketones is 1. The lowest BCUT2D eigenvalue weighted by Crippen LogP contribution is -2.43. The van der Waals surface area contributed by atoms with Crippen LogP contribution >= 0.6 is 0 Å². The molecule has 1 fully saturated rings. The molecule has 1 atom stereocenters. The van der Waals surface area contributed by atoms with E-state index in [1.807, 2.05) is 6.92 Å². The monoisotopic (exact) mass is 239 g/mol. The number of Topliss-reactive ketones (excluding diaryl/α,β-unsaturated/α-hetero) is 1. The first-order valence-corrected chi connectivity index (χ1v) is 5.74. The first-order chi connectivity index (χ1) is 8.27. The van der Waals surface area contributed by atoms with Crippen molar-refractivity contribution in [1.29, 1.82) is 0 Å². The predicted octanol–water partition coefficient (Wildman–Crippen LogP) is 0.0827. The van der Waals surface area contributed by atoms with Gasteiger partial charge in [-0.3, -0.25) is 9.48 Å². The predicted molar refractivity (Wildman–Crippen MR) is 61.4 cm³/mol. The van der Waals surface area contributed by atoms with Gasteiger partial charge in [-0.2, -0.15) is 5.10 Å². The van der Waals surface area contributed by atoms with E-state index in [0.29, 0.717) is 31.1 Å². The number of carbonyl (C=O) groups excluding carboxylic acids is 1. The molecule has 17 heavy (non-hydrogen) atoms. The number of carbonyl (C=O) groups is 1. The summed E-state index contributed by atoms with van der Waals surface area (Å²) >= 11 is 0. The number of nitrogens with zero attached hydrogens (tertiary/aromatic N) is 2. The van der Waals surface area contributed by atoms with Crippen molar-refractivity contribution >= 4 is 5.78 Å². The lowest BCUT2D eigenvalue weighted by Gasteiger charge is -2.22. The molecule has 1 aromatic heterocycles. The molecule has 0 bridgehead atoms. The number of aryl methyl sites for hydroxylation is 1. The number of ether oxygens (including phenoxy) is 2. The maximum Gasteiger partial charge on any atom is 0.214 e. The molecule has 0 aromatic carbocycles. The van der Waals surface area contributed by atoms with Gasteiger partial charge in [-0.1, -0.05) is 0 Å². The van der Waals surface area contributed by atoms with E-state index in [9.17, 15) is 4.79 Å². The Morgan fingerprint density at radius 2 is 2.59 bits per heavy atom. The van der Waals surface area contributed by atoms with Gasteiger partial charge < -0.3 is 14.8 Å². The Morgan fingerprint density at radius 1 is 1.76 bits per heavy atom. The molecular formula is C11H17N3O3.